The van der Waals surface area contributed by atoms with Gasteiger partial charge in [-0.3, -0.25) is 4.79 Å². The van der Waals surface area contributed by atoms with Crippen molar-refractivity contribution in [1.82, 2.24) is 4.90 Å². The summed E-state index contributed by atoms with van der Waals surface area (Å²) in [4.78, 5) is 14.0. The zero-order valence-corrected chi connectivity index (χ0v) is 10.2. The Balaban J connectivity index is 2.01. The molecule has 0 saturated carbocycles. The second kappa shape index (κ2) is 5.65. The fourth-order valence-corrected chi connectivity index (χ4v) is 2.31. The molecule has 0 radical (unpaired) electrons. The lowest BCUT2D eigenvalue weighted by Gasteiger charge is -2.16. The maximum atomic E-state index is 12.2. The van der Waals surface area contributed by atoms with Gasteiger partial charge in [-0.15, -0.1) is 0 Å². The summed E-state index contributed by atoms with van der Waals surface area (Å²) < 4.78 is 0. The second-order valence-electron chi connectivity index (χ2n) is 4.61. The van der Waals surface area contributed by atoms with Gasteiger partial charge in [0.05, 0.1) is 11.6 Å². The van der Waals surface area contributed by atoms with E-state index in [2.05, 4.69) is 0 Å². The standard InChI is InChI=1S/C14H16N2O2/c15-9-11-1-3-13(4-2-11)14(18)16-7-5-12(10-16)6-8-17/h1-4,12,17H,5-8,10H2. The zero-order chi connectivity index (χ0) is 13.0. The maximum absolute atomic E-state index is 12.2. The number of rotatable bonds is 3. The van der Waals surface area contributed by atoms with Crippen molar-refractivity contribution < 1.29 is 9.90 Å². The van der Waals surface area contributed by atoms with E-state index < -0.39 is 0 Å². The molecule has 4 nitrogen and oxygen atoms in total. The van der Waals surface area contributed by atoms with E-state index in [1.807, 2.05) is 11.0 Å². The van der Waals surface area contributed by atoms with Crippen LogP contribution in [0.2, 0.25) is 0 Å². The van der Waals surface area contributed by atoms with Crippen LogP contribution in [0.3, 0.4) is 0 Å². The quantitative estimate of drug-likeness (QED) is 0.874. The van der Waals surface area contributed by atoms with Crippen molar-refractivity contribution in [2.75, 3.05) is 19.7 Å². The average Bonchev–Trinajstić information content (AvgIpc) is 2.87. The van der Waals surface area contributed by atoms with Crippen molar-refractivity contribution in [2.45, 2.75) is 12.8 Å². The Morgan fingerprint density at radius 2 is 2.17 bits per heavy atom. The van der Waals surface area contributed by atoms with Crippen LogP contribution in [0.4, 0.5) is 0 Å². The zero-order valence-electron chi connectivity index (χ0n) is 10.2. The normalized spacial score (nSPS) is 18.7. The molecule has 1 fully saturated rings. The molecule has 1 amide bonds. The molecule has 1 unspecified atom stereocenters. The highest BCUT2D eigenvalue weighted by Gasteiger charge is 2.26. The highest BCUT2D eigenvalue weighted by molar-refractivity contribution is 5.94. The largest absolute Gasteiger partial charge is 0.396 e. The molecular weight excluding hydrogens is 228 g/mol. The number of nitriles is 1. The first-order valence-electron chi connectivity index (χ1n) is 6.15. The molecule has 18 heavy (non-hydrogen) atoms. The van der Waals surface area contributed by atoms with Gasteiger partial charge in [0.2, 0.25) is 0 Å². The minimum atomic E-state index is 0.0138. The molecule has 1 aromatic rings. The molecule has 2 rings (SSSR count). The highest BCUT2D eigenvalue weighted by atomic mass is 16.3. The van der Waals surface area contributed by atoms with Crippen LogP contribution in [0.5, 0.6) is 0 Å². The molecule has 1 aliphatic heterocycles. The number of amides is 1. The van der Waals surface area contributed by atoms with Gasteiger partial charge in [-0.05, 0) is 43.0 Å². The fourth-order valence-electron chi connectivity index (χ4n) is 2.31. The van der Waals surface area contributed by atoms with Crippen LogP contribution in [0.1, 0.15) is 28.8 Å². The number of carbonyl (C=O) groups excluding carboxylic acids is 1. The number of likely N-dealkylation sites (tertiary alicyclic amines) is 1. The van der Waals surface area contributed by atoms with E-state index in [0.717, 1.165) is 25.9 Å². The molecule has 4 heteroatoms. The van der Waals surface area contributed by atoms with E-state index in [9.17, 15) is 4.79 Å². The molecule has 0 bridgehead atoms. The maximum Gasteiger partial charge on any atom is 0.253 e. The van der Waals surface area contributed by atoms with Gasteiger partial charge in [-0.2, -0.15) is 5.26 Å². The lowest BCUT2D eigenvalue weighted by atomic mass is 10.1. The molecule has 1 saturated heterocycles. The van der Waals surface area contributed by atoms with Gasteiger partial charge in [-0.1, -0.05) is 0 Å². The molecule has 1 aromatic carbocycles. The molecule has 1 heterocycles. The monoisotopic (exact) mass is 244 g/mol. The smallest absolute Gasteiger partial charge is 0.253 e. The highest BCUT2D eigenvalue weighted by Crippen LogP contribution is 2.21. The molecule has 94 valence electrons. The van der Waals surface area contributed by atoms with Crippen molar-refractivity contribution in [3.8, 4) is 6.07 Å². The third-order valence-corrected chi connectivity index (χ3v) is 3.37. The molecule has 1 atom stereocenters. The van der Waals surface area contributed by atoms with E-state index >= 15 is 0 Å². The van der Waals surface area contributed by atoms with Crippen molar-refractivity contribution >= 4 is 5.91 Å². The summed E-state index contributed by atoms with van der Waals surface area (Å²) >= 11 is 0. The van der Waals surface area contributed by atoms with Gasteiger partial charge in [0.25, 0.3) is 5.91 Å². The SMILES string of the molecule is N#Cc1ccc(C(=O)N2CCC(CCO)C2)cc1. The minimum absolute atomic E-state index is 0.0138. The Bertz CT molecular complexity index is 462. The minimum Gasteiger partial charge on any atom is -0.396 e. The van der Waals surface area contributed by atoms with Gasteiger partial charge >= 0.3 is 0 Å². The van der Waals surface area contributed by atoms with Gasteiger partial charge in [-0.25, -0.2) is 0 Å². The van der Waals surface area contributed by atoms with Gasteiger partial charge in [0, 0.05) is 25.3 Å². The first kappa shape index (κ1) is 12.6. The van der Waals surface area contributed by atoms with E-state index in [0.29, 0.717) is 17.0 Å². The number of nitrogens with zero attached hydrogens (tertiary/aromatic N) is 2. The number of hydrogen-bond acceptors (Lipinski definition) is 3. The molecule has 0 aromatic heterocycles. The second-order valence-corrected chi connectivity index (χ2v) is 4.61. The molecule has 0 aliphatic carbocycles. The molecule has 0 spiro atoms. The Hall–Kier alpha value is -1.86. The molecule has 1 N–H and O–H groups in total. The van der Waals surface area contributed by atoms with Crippen LogP contribution >= 0.6 is 0 Å². The van der Waals surface area contributed by atoms with E-state index in [1.165, 1.54) is 0 Å². The van der Waals surface area contributed by atoms with Crippen molar-refractivity contribution in [2.24, 2.45) is 5.92 Å². The van der Waals surface area contributed by atoms with Crippen LogP contribution in [-0.4, -0.2) is 35.6 Å². The lowest BCUT2D eigenvalue weighted by molar-refractivity contribution is 0.0785. The van der Waals surface area contributed by atoms with Gasteiger partial charge < -0.3 is 10.0 Å². The third-order valence-electron chi connectivity index (χ3n) is 3.37. The first-order chi connectivity index (χ1) is 8.74. The van der Waals surface area contributed by atoms with Crippen LogP contribution in [-0.2, 0) is 0 Å². The van der Waals surface area contributed by atoms with Crippen molar-refractivity contribution in [3.63, 3.8) is 0 Å². The van der Waals surface area contributed by atoms with Gasteiger partial charge in [0.1, 0.15) is 0 Å². The summed E-state index contributed by atoms with van der Waals surface area (Å²) in [5.41, 5.74) is 1.18. The lowest BCUT2D eigenvalue weighted by Crippen LogP contribution is -2.28. The van der Waals surface area contributed by atoms with E-state index in [1.54, 1.807) is 24.3 Å². The van der Waals surface area contributed by atoms with Crippen LogP contribution in [0, 0.1) is 17.2 Å². The molecular formula is C14H16N2O2. The predicted octanol–water partition coefficient (Wildman–Crippen LogP) is 1.40. The number of carbonyl (C=O) groups is 1. The topological polar surface area (TPSA) is 64.3 Å². The number of hydrogen-bond donors (Lipinski definition) is 1. The van der Waals surface area contributed by atoms with Gasteiger partial charge in [0.15, 0.2) is 0 Å². The average molecular weight is 244 g/mol. The summed E-state index contributed by atoms with van der Waals surface area (Å²) in [7, 11) is 0. The van der Waals surface area contributed by atoms with Crippen LogP contribution in [0.25, 0.3) is 0 Å². The predicted molar refractivity (Wildman–Crippen MR) is 66.9 cm³/mol. The van der Waals surface area contributed by atoms with Crippen LogP contribution < -0.4 is 0 Å². The number of benzene rings is 1. The summed E-state index contributed by atoms with van der Waals surface area (Å²) in [6, 6.07) is 8.75. The van der Waals surface area contributed by atoms with Crippen molar-refractivity contribution in [3.05, 3.63) is 35.4 Å². The third kappa shape index (κ3) is 2.69. The Morgan fingerprint density at radius 3 is 2.78 bits per heavy atom. The van der Waals surface area contributed by atoms with Crippen LogP contribution in [0.15, 0.2) is 24.3 Å². The molecule has 1 aliphatic rings. The fraction of sp³-hybridized carbons (Fsp3) is 0.429. The summed E-state index contributed by atoms with van der Waals surface area (Å²) in [6.45, 7) is 1.66. The van der Waals surface area contributed by atoms with E-state index in [4.69, 9.17) is 10.4 Å². The summed E-state index contributed by atoms with van der Waals surface area (Å²) in [5.74, 6) is 0.428. The summed E-state index contributed by atoms with van der Waals surface area (Å²) in [6.07, 6.45) is 1.72. The van der Waals surface area contributed by atoms with E-state index in [-0.39, 0.29) is 12.5 Å². The first-order valence-corrected chi connectivity index (χ1v) is 6.15. The Morgan fingerprint density at radius 1 is 1.44 bits per heavy atom. The van der Waals surface area contributed by atoms with Crippen molar-refractivity contribution in [1.29, 1.82) is 5.26 Å². The summed E-state index contributed by atoms with van der Waals surface area (Å²) in [5, 5.41) is 17.6. The number of aliphatic hydroxyl groups excluding tert-OH is 1. The number of aliphatic hydroxyl groups is 1. The Labute approximate surface area is 106 Å². The Kier molecular flexibility index (Phi) is 3.96.